The molecular weight excluding hydrogens is 262 g/mol. The molecule has 0 saturated carbocycles. The largest absolute Gasteiger partial charge is 0.468 e. The van der Waals surface area contributed by atoms with Crippen molar-refractivity contribution in [2.45, 2.75) is 32.2 Å². The van der Waals surface area contributed by atoms with E-state index in [0.717, 1.165) is 0 Å². The summed E-state index contributed by atoms with van der Waals surface area (Å²) in [5.74, 6) is 0.0221. The van der Waals surface area contributed by atoms with Gasteiger partial charge in [-0.15, -0.1) is 0 Å². The van der Waals surface area contributed by atoms with E-state index in [0.29, 0.717) is 31.6 Å². The molecule has 2 N–H and O–H groups in total. The third-order valence-electron chi connectivity index (χ3n) is 2.72. The zero-order valence-corrected chi connectivity index (χ0v) is 12.5. The van der Waals surface area contributed by atoms with Crippen molar-refractivity contribution in [3.05, 3.63) is 12.2 Å². The molecule has 0 aromatic heterocycles. The van der Waals surface area contributed by atoms with Crippen LogP contribution >= 0.6 is 0 Å². The Kier molecular flexibility index (Phi) is 8.23. The van der Waals surface area contributed by atoms with E-state index in [9.17, 15) is 9.59 Å². The van der Waals surface area contributed by atoms with Gasteiger partial charge in [0.25, 0.3) is 0 Å². The van der Waals surface area contributed by atoms with Gasteiger partial charge in [0, 0.05) is 6.54 Å². The van der Waals surface area contributed by atoms with E-state index in [1.54, 1.807) is 19.9 Å². The maximum Gasteiger partial charge on any atom is 0.325 e. The highest BCUT2D eigenvalue weighted by atomic mass is 16.6. The van der Waals surface area contributed by atoms with Crippen LogP contribution in [0.4, 0.5) is 0 Å². The SMILES string of the molecule is CO/N=C(/C)N(C=O)C/C=C/CCC(C)(N)C(=O)OC. The molecule has 20 heavy (non-hydrogen) atoms. The van der Waals surface area contributed by atoms with Gasteiger partial charge < -0.3 is 15.3 Å². The van der Waals surface area contributed by atoms with E-state index >= 15 is 0 Å². The number of hydrogen-bond acceptors (Lipinski definition) is 6. The molecule has 7 nitrogen and oxygen atoms in total. The Balaban J connectivity index is 4.24. The topological polar surface area (TPSA) is 94.2 Å². The van der Waals surface area contributed by atoms with Crippen molar-refractivity contribution >= 4 is 18.2 Å². The lowest BCUT2D eigenvalue weighted by Gasteiger charge is -2.20. The van der Waals surface area contributed by atoms with E-state index in [2.05, 4.69) is 14.7 Å². The lowest BCUT2D eigenvalue weighted by atomic mass is 9.97. The number of ether oxygens (including phenoxy) is 1. The number of nitrogens with zero attached hydrogens (tertiary/aromatic N) is 2. The molecule has 0 bridgehead atoms. The van der Waals surface area contributed by atoms with Crippen molar-refractivity contribution < 1.29 is 19.2 Å². The van der Waals surface area contributed by atoms with Crippen LogP contribution in [0.15, 0.2) is 17.3 Å². The Morgan fingerprint density at radius 3 is 2.55 bits per heavy atom. The van der Waals surface area contributed by atoms with Crippen molar-refractivity contribution in [1.29, 1.82) is 0 Å². The number of amides is 1. The molecule has 0 aromatic carbocycles. The molecule has 0 spiro atoms. The summed E-state index contributed by atoms with van der Waals surface area (Å²) in [6.07, 6.45) is 5.39. The van der Waals surface area contributed by atoms with Gasteiger partial charge in [0.05, 0.1) is 7.11 Å². The van der Waals surface area contributed by atoms with Gasteiger partial charge in [0.1, 0.15) is 18.5 Å². The van der Waals surface area contributed by atoms with Crippen LogP contribution in [-0.4, -0.2) is 49.4 Å². The van der Waals surface area contributed by atoms with E-state index in [1.165, 1.54) is 19.1 Å². The van der Waals surface area contributed by atoms with Crippen LogP contribution in [0.2, 0.25) is 0 Å². The van der Waals surface area contributed by atoms with E-state index < -0.39 is 11.5 Å². The fourth-order valence-corrected chi connectivity index (χ4v) is 1.46. The van der Waals surface area contributed by atoms with Gasteiger partial charge in [-0.1, -0.05) is 17.3 Å². The van der Waals surface area contributed by atoms with Gasteiger partial charge >= 0.3 is 5.97 Å². The summed E-state index contributed by atoms with van der Waals surface area (Å²) >= 11 is 0. The first-order valence-electron chi connectivity index (χ1n) is 6.21. The molecule has 0 aliphatic carbocycles. The normalized spacial score (nSPS) is 14.8. The Morgan fingerprint density at radius 1 is 1.40 bits per heavy atom. The summed E-state index contributed by atoms with van der Waals surface area (Å²) in [5.41, 5.74) is 4.81. The maximum absolute atomic E-state index is 11.4. The summed E-state index contributed by atoms with van der Waals surface area (Å²) in [5, 5.41) is 3.66. The molecule has 0 aromatic rings. The monoisotopic (exact) mass is 285 g/mol. The van der Waals surface area contributed by atoms with Gasteiger partial charge in [-0.2, -0.15) is 0 Å². The molecule has 0 saturated heterocycles. The number of nitrogens with two attached hydrogens (primary N) is 1. The second kappa shape index (κ2) is 9.08. The maximum atomic E-state index is 11.4. The number of amidine groups is 1. The van der Waals surface area contributed by atoms with Crippen molar-refractivity contribution in [1.82, 2.24) is 4.90 Å². The van der Waals surface area contributed by atoms with Gasteiger partial charge in [0.15, 0.2) is 0 Å². The summed E-state index contributed by atoms with van der Waals surface area (Å²) < 4.78 is 4.61. The second-order valence-electron chi connectivity index (χ2n) is 4.50. The molecular formula is C13H23N3O4. The number of rotatable bonds is 8. The summed E-state index contributed by atoms with van der Waals surface area (Å²) in [6, 6.07) is 0. The van der Waals surface area contributed by atoms with Gasteiger partial charge in [-0.3, -0.25) is 14.5 Å². The third-order valence-corrected chi connectivity index (χ3v) is 2.72. The van der Waals surface area contributed by atoms with Crippen molar-refractivity contribution in [3.8, 4) is 0 Å². The Morgan fingerprint density at radius 2 is 2.05 bits per heavy atom. The molecule has 1 amide bonds. The molecule has 0 fully saturated rings. The first-order chi connectivity index (χ1) is 9.38. The number of carbonyl (C=O) groups is 2. The molecule has 1 atom stereocenters. The molecule has 0 aliphatic rings. The average molecular weight is 285 g/mol. The lowest BCUT2D eigenvalue weighted by molar-refractivity contribution is -0.146. The predicted octanol–water partition coefficient (Wildman–Crippen LogP) is 0.651. The number of hydrogen-bond donors (Lipinski definition) is 1. The van der Waals surface area contributed by atoms with Crippen LogP contribution in [0.5, 0.6) is 0 Å². The molecule has 7 heteroatoms. The molecule has 0 aliphatic heterocycles. The standard InChI is InChI=1S/C13H23N3O4/c1-11(15-20-4)16(10-17)9-7-5-6-8-13(2,14)12(18)19-3/h5,7,10H,6,8-9,14H2,1-4H3/b7-5+,15-11-. The highest BCUT2D eigenvalue weighted by molar-refractivity contribution is 5.88. The number of methoxy groups -OCH3 is 1. The number of esters is 1. The second-order valence-corrected chi connectivity index (χ2v) is 4.50. The third kappa shape index (κ3) is 6.33. The van der Waals surface area contributed by atoms with E-state index in [-0.39, 0.29) is 0 Å². The molecule has 0 heterocycles. The average Bonchev–Trinajstić information content (AvgIpc) is 2.41. The minimum Gasteiger partial charge on any atom is -0.468 e. The first-order valence-corrected chi connectivity index (χ1v) is 6.21. The number of allylic oxidation sites excluding steroid dienone is 1. The van der Waals surface area contributed by atoms with Crippen LogP contribution in [-0.2, 0) is 19.2 Å². The minimum atomic E-state index is -1.00. The van der Waals surface area contributed by atoms with Crippen LogP contribution in [0.3, 0.4) is 0 Å². The zero-order chi connectivity index (χ0) is 15.6. The predicted molar refractivity (Wildman–Crippen MR) is 75.9 cm³/mol. The van der Waals surface area contributed by atoms with Crippen LogP contribution in [0.1, 0.15) is 26.7 Å². The molecule has 1 unspecified atom stereocenters. The van der Waals surface area contributed by atoms with Gasteiger partial charge in [0.2, 0.25) is 6.41 Å². The molecule has 0 radical (unpaired) electrons. The van der Waals surface area contributed by atoms with E-state index in [1.807, 2.05) is 6.08 Å². The molecule has 114 valence electrons. The van der Waals surface area contributed by atoms with Crippen LogP contribution in [0, 0.1) is 0 Å². The Hall–Kier alpha value is -1.89. The molecule has 0 rings (SSSR count). The highest BCUT2D eigenvalue weighted by Crippen LogP contribution is 2.11. The fourth-order valence-electron chi connectivity index (χ4n) is 1.46. The number of carbonyl (C=O) groups excluding carboxylic acids is 2. The summed E-state index contributed by atoms with van der Waals surface area (Å²) in [6.45, 7) is 3.67. The van der Waals surface area contributed by atoms with Crippen molar-refractivity contribution in [2.24, 2.45) is 10.9 Å². The van der Waals surface area contributed by atoms with Crippen LogP contribution in [0.25, 0.3) is 0 Å². The quantitative estimate of drug-likeness (QED) is 0.176. The fraction of sp³-hybridized carbons (Fsp3) is 0.615. The Labute approximate surface area is 119 Å². The summed E-state index contributed by atoms with van der Waals surface area (Å²) in [7, 11) is 2.72. The van der Waals surface area contributed by atoms with E-state index in [4.69, 9.17) is 5.73 Å². The number of oxime groups is 1. The highest BCUT2D eigenvalue weighted by Gasteiger charge is 2.28. The van der Waals surface area contributed by atoms with Crippen LogP contribution < -0.4 is 5.73 Å². The van der Waals surface area contributed by atoms with Gasteiger partial charge in [-0.25, -0.2) is 0 Å². The summed E-state index contributed by atoms with van der Waals surface area (Å²) in [4.78, 5) is 28.2. The van der Waals surface area contributed by atoms with Crippen molar-refractivity contribution in [3.63, 3.8) is 0 Å². The van der Waals surface area contributed by atoms with Crippen molar-refractivity contribution in [2.75, 3.05) is 20.8 Å². The Bertz CT molecular complexity index is 378. The van der Waals surface area contributed by atoms with Gasteiger partial charge in [-0.05, 0) is 26.7 Å². The minimum absolute atomic E-state index is 0.377. The lowest BCUT2D eigenvalue weighted by Crippen LogP contribution is -2.45. The zero-order valence-electron chi connectivity index (χ0n) is 12.5. The first kappa shape index (κ1) is 18.1. The smallest absolute Gasteiger partial charge is 0.325 e.